The van der Waals surface area contributed by atoms with Crippen LogP contribution >= 0.6 is 0 Å². The minimum Gasteiger partial charge on any atom is -0.609 e. The summed E-state index contributed by atoms with van der Waals surface area (Å²) in [5.74, 6) is 0.696. The van der Waals surface area contributed by atoms with Crippen LogP contribution in [-0.2, 0) is 23.3 Å². The Labute approximate surface area is 156 Å². The van der Waals surface area contributed by atoms with Crippen molar-refractivity contribution in [3.8, 4) is 0 Å². The molecule has 4 rings (SSSR count). The summed E-state index contributed by atoms with van der Waals surface area (Å²) in [4.78, 5) is 9.96. The van der Waals surface area contributed by atoms with Crippen molar-refractivity contribution in [1.29, 1.82) is 0 Å². The summed E-state index contributed by atoms with van der Waals surface area (Å²) in [6.45, 7) is 4.04. The zero-order valence-corrected chi connectivity index (χ0v) is 15.6. The molecule has 2 heterocycles. The van der Waals surface area contributed by atoms with Crippen LogP contribution in [-0.4, -0.2) is 39.3 Å². The fourth-order valence-corrected chi connectivity index (χ4v) is 4.84. The van der Waals surface area contributed by atoms with Gasteiger partial charge in [-0.2, -0.15) is 4.98 Å². The standard InChI is InChI=1S/C20H23N3O2S/c1-2-23-11-14(12-24)10-15-6-5-7-16(19(15)23)13-26(25)20-21-17-8-3-4-9-18(17)22-20/h3-9,14,24H,2,10-13H2,1H3,(H,21,22). The Bertz CT molecular complexity index is 878. The van der Waals surface area contributed by atoms with Crippen LogP contribution in [0.5, 0.6) is 0 Å². The number of aliphatic hydroxyl groups is 1. The van der Waals surface area contributed by atoms with Crippen molar-refractivity contribution < 1.29 is 9.66 Å². The van der Waals surface area contributed by atoms with Crippen molar-refractivity contribution in [3.05, 3.63) is 53.6 Å². The summed E-state index contributed by atoms with van der Waals surface area (Å²) < 4.78 is 12.9. The highest BCUT2D eigenvalue weighted by Crippen LogP contribution is 2.34. The summed E-state index contributed by atoms with van der Waals surface area (Å²) in [5.41, 5.74) is 5.25. The Morgan fingerprint density at radius 2 is 2.12 bits per heavy atom. The summed E-state index contributed by atoms with van der Waals surface area (Å²) in [6.07, 6.45) is 0.868. The molecule has 0 saturated heterocycles. The molecule has 0 aliphatic carbocycles. The van der Waals surface area contributed by atoms with E-state index in [1.165, 1.54) is 11.3 Å². The van der Waals surface area contributed by atoms with Gasteiger partial charge in [-0.25, -0.2) is 0 Å². The molecule has 6 heteroatoms. The van der Waals surface area contributed by atoms with Gasteiger partial charge in [0, 0.05) is 48.0 Å². The number of aromatic nitrogens is 2. The zero-order chi connectivity index (χ0) is 18.1. The van der Waals surface area contributed by atoms with Crippen LogP contribution < -0.4 is 4.90 Å². The maximum absolute atomic E-state index is 12.9. The second-order valence-corrected chi connectivity index (χ2v) is 8.13. The first-order valence-corrected chi connectivity index (χ1v) is 10.3. The van der Waals surface area contributed by atoms with Crippen LogP contribution in [0.1, 0.15) is 18.1 Å². The summed E-state index contributed by atoms with van der Waals surface area (Å²) in [5, 5.41) is 10.1. The molecule has 26 heavy (non-hydrogen) atoms. The van der Waals surface area contributed by atoms with Gasteiger partial charge < -0.3 is 14.6 Å². The highest BCUT2D eigenvalue weighted by Gasteiger charge is 2.27. The largest absolute Gasteiger partial charge is 0.609 e. The van der Waals surface area contributed by atoms with Gasteiger partial charge in [0.2, 0.25) is 0 Å². The van der Waals surface area contributed by atoms with E-state index in [1.807, 2.05) is 30.3 Å². The SMILES string of the molecule is CCN1CC(CO)Cc2cccc(C[S+]([O-])c3nc4ccccc4[nH]3)c21. The van der Waals surface area contributed by atoms with E-state index < -0.39 is 11.2 Å². The second kappa shape index (κ2) is 7.31. The monoisotopic (exact) mass is 369 g/mol. The van der Waals surface area contributed by atoms with Crippen molar-refractivity contribution in [2.45, 2.75) is 24.3 Å². The number of rotatable bonds is 5. The number of aromatic amines is 1. The maximum Gasteiger partial charge on any atom is 0.321 e. The average Bonchev–Trinajstić information content (AvgIpc) is 3.11. The molecule has 0 spiro atoms. The first kappa shape index (κ1) is 17.4. The van der Waals surface area contributed by atoms with Gasteiger partial charge in [0.15, 0.2) is 0 Å². The van der Waals surface area contributed by atoms with E-state index in [0.29, 0.717) is 10.9 Å². The Kier molecular flexibility index (Phi) is 4.89. The van der Waals surface area contributed by atoms with E-state index in [4.69, 9.17) is 0 Å². The van der Waals surface area contributed by atoms with Crippen LogP contribution in [0.15, 0.2) is 47.6 Å². The van der Waals surface area contributed by atoms with Gasteiger partial charge in [-0.1, -0.05) is 30.3 Å². The van der Waals surface area contributed by atoms with Crippen LogP contribution in [0, 0.1) is 5.92 Å². The number of nitrogens with one attached hydrogen (secondary N) is 1. The zero-order valence-electron chi connectivity index (χ0n) is 14.8. The van der Waals surface area contributed by atoms with E-state index in [1.54, 1.807) is 0 Å². The van der Waals surface area contributed by atoms with Crippen molar-refractivity contribution in [2.75, 3.05) is 24.6 Å². The Balaban J connectivity index is 1.64. The van der Waals surface area contributed by atoms with E-state index in [-0.39, 0.29) is 12.5 Å². The number of aliphatic hydroxyl groups excluding tert-OH is 1. The molecule has 1 aliphatic rings. The summed E-state index contributed by atoms with van der Waals surface area (Å²) in [6, 6.07) is 13.9. The molecule has 3 aromatic rings. The highest BCUT2D eigenvalue weighted by atomic mass is 32.2. The first-order valence-electron chi connectivity index (χ1n) is 8.99. The normalized spacial score (nSPS) is 18.1. The number of H-pyrrole nitrogens is 1. The van der Waals surface area contributed by atoms with Crippen molar-refractivity contribution in [3.63, 3.8) is 0 Å². The predicted molar refractivity (Wildman–Crippen MR) is 105 cm³/mol. The number of fused-ring (bicyclic) bond motifs is 2. The molecule has 136 valence electrons. The van der Waals surface area contributed by atoms with E-state index >= 15 is 0 Å². The fourth-order valence-electron chi connectivity index (χ4n) is 3.77. The number of hydrogen-bond acceptors (Lipinski definition) is 4. The first-order chi connectivity index (χ1) is 12.7. The minimum atomic E-state index is -1.24. The van der Waals surface area contributed by atoms with Gasteiger partial charge >= 0.3 is 5.16 Å². The number of hydrogen-bond donors (Lipinski definition) is 2. The molecule has 0 bridgehead atoms. The number of anilines is 1. The Morgan fingerprint density at radius 1 is 1.27 bits per heavy atom. The van der Waals surface area contributed by atoms with E-state index in [2.05, 4.69) is 33.9 Å². The van der Waals surface area contributed by atoms with Crippen LogP contribution in [0.25, 0.3) is 11.0 Å². The molecule has 0 amide bonds. The Hall–Kier alpha value is -2.02. The fraction of sp³-hybridized carbons (Fsp3) is 0.350. The van der Waals surface area contributed by atoms with Gasteiger partial charge in [0.05, 0.1) is 11.0 Å². The molecule has 0 fully saturated rings. The molecular weight excluding hydrogens is 346 g/mol. The molecule has 1 aliphatic heterocycles. The van der Waals surface area contributed by atoms with Crippen LogP contribution in [0.4, 0.5) is 5.69 Å². The van der Waals surface area contributed by atoms with Crippen LogP contribution in [0.3, 0.4) is 0 Å². The molecular formula is C20H23N3O2S. The molecule has 1 aromatic heterocycles. The lowest BCUT2D eigenvalue weighted by Crippen LogP contribution is -2.37. The van der Waals surface area contributed by atoms with Crippen LogP contribution in [0.2, 0.25) is 0 Å². The molecule has 2 aromatic carbocycles. The van der Waals surface area contributed by atoms with Gasteiger partial charge in [-0.3, -0.25) is 4.98 Å². The molecule has 5 nitrogen and oxygen atoms in total. The van der Waals surface area contributed by atoms with E-state index in [0.717, 1.165) is 36.1 Å². The minimum absolute atomic E-state index is 0.199. The van der Waals surface area contributed by atoms with Gasteiger partial charge in [-0.05, 0) is 31.0 Å². The average molecular weight is 369 g/mol. The number of imidazole rings is 1. The Morgan fingerprint density at radius 3 is 2.88 bits per heavy atom. The van der Waals surface area contributed by atoms with E-state index in [9.17, 15) is 9.66 Å². The lowest BCUT2D eigenvalue weighted by atomic mass is 9.91. The predicted octanol–water partition coefficient (Wildman–Crippen LogP) is 2.86. The molecule has 0 saturated carbocycles. The molecule has 0 radical (unpaired) electrons. The van der Waals surface area contributed by atoms with Crippen molar-refractivity contribution in [1.82, 2.24) is 9.97 Å². The van der Waals surface area contributed by atoms with Gasteiger partial charge in [0.25, 0.3) is 0 Å². The summed E-state index contributed by atoms with van der Waals surface area (Å²) in [7, 11) is 0. The van der Waals surface area contributed by atoms with Crippen molar-refractivity contribution >= 4 is 27.9 Å². The quantitative estimate of drug-likeness (QED) is 0.678. The number of para-hydroxylation sites is 3. The smallest absolute Gasteiger partial charge is 0.321 e. The van der Waals surface area contributed by atoms with Crippen molar-refractivity contribution in [2.24, 2.45) is 5.92 Å². The topological polar surface area (TPSA) is 75.2 Å². The maximum atomic E-state index is 12.9. The number of nitrogens with zero attached hydrogens (tertiary/aromatic N) is 2. The molecule has 2 atom stereocenters. The third kappa shape index (κ3) is 3.20. The third-order valence-corrected chi connectivity index (χ3v) is 6.21. The number of benzene rings is 2. The molecule has 2 N–H and O–H groups in total. The summed E-state index contributed by atoms with van der Waals surface area (Å²) >= 11 is -1.24. The van der Waals surface area contributed by atoms with Gasteiger partial charge in [0.1, 0.15) is 5.75 Å². The molecule has 2 unspecified atom stereocenters. The lowest BCUT2D eigenvalue weighted by molar-refractivity contribution is 0.224. The lowest BCUT2D eigenvalue weighted by Gasteiger charge is -2.36. The highest BCUT2D eigenvalue weighted by molar-refractivity contribution is 7.90. The van der Waals surface area contributed by atoms with Gasteiger partial charge in [-0.15, -0.1) is 0 Å². The second-order valence-electron chi connectivity index (χ2n) is 6.77. The third-order valence-electron chi connectivity index (χ3n) is 5.02.